The molecule has 2 rings (SSSR count). The Kier molecular flexibility index (Phi) is 4.92. The number of amides is 1. The van der Waals surface area contributed by atoms with Crippen LogP contribution < -0.4 is 10.5 Å². The van der Waals surface area contributed by atoms with E-state index in [4.69, 9.17) is 22.7 Å². The summed E-state index contributed by atoms with van der Waals surface area (Å²) in [5, 5.41) is 9.22. The Balaban J connectivity index is 1.98. The minimum Gasteiger partial charge on any atom is -0.483 e. The summed E-state index contributed by atoms with van der Waals surface area (Å²) in [5.74, 6) is 0.382. The summed E-state index contributed by atoms with van der Waals surface area (Å²) in [6.07, 6.45) is 1.76. The largest absolute Gasteiger partial charge is 0.483 e. The van der Waals surface area contributed by atoms with Gasteiger partial charge in [-0.25, -0.2) is 0 Å². The predicted octanol–water partition coefficient (Wildman–Crippen LogP) is 0.683. The van der Waals surface area contributed by atoms with Crippen LogP contribution in [0.2, 0.25) is 0 Å². The topological polar surface area (TPSA) is 75.8 Å². The van der Waals surface area contributed by atoms with Crippen LogP contribution >= 0.6 is 12.2 Å². The molecule has 1 aromatic rings. The van der Waals surface area contributed by atoms with Crippen LogP contribution in [0, 0.1) is 0 Å². The molecule has 20 heavy (non-hydrogen) atoms. The highest BCUT2D eigenvalue weighted by molar-refractivity contribution is 7.80. The van der Waals surface area contributed by atoms with Gasteiger partial charge in [-0.1, -0.05) is 24.4 Å². The summed E-state index contributed by atoms with van der Waals surface area (Å²) in [7, 11) is 0. The van der Waals surface area contributed by atoms with E-state index in [9.17, 15) is 9.90 Å². The first-order chi connectivity index (χ1) is 9.63. The van der Waals surface area contributed by atoms with Gasteiger partial charge in [-0.05, 0) is 25.0 Å². The average molecular weight is 294 g/mol. The van der Waals surface area contributed by atoms with Gasteiger partial charge in [0.05, 0.1) is 18.2 Å². The second-order valence-corrected chi connectivity index (χ2v) is 5.15. The van der Waals surface area contributed by atoms with Gasteiger partial charge in [0.1, 0.15) is 10.7 Å². The molecule has 5 nitrogen and oxygen atoms in total. The number of nitrogens with zero attached hydrogens (tertiary/aromatic N) is 1. The van der Waals surface area contributed by atoms with Gasteiger partial charge in [0.2, 0.25) is 0 Å². The first-order valence-corrected chi connectivity index (χ1v) is 6.96. The van der Waals surface area contributed by atoms with Crippen molar-refractivity contribution >= 4 is 23.1 Å². The molecule has 1 aliphatic rings. The average Bonchev–Trinajstić information content (AvgIpc) is 2.93. The number of hydrogen-bond donors (Lipinski definition) is 2. The molecular weight excluding hydrogens is 276 g/mol. The van der Waals surface area contributed by atoms with Crippen LogP contribution in [0.1, 0.15) is 18.4 Å². The third-order valence-corrected chi connectivity index (χ3v) is 3.63. The second kappa shape index (κ2) is 6.67. The number of likely N-dealkylation sites (tertiary alicyclic amines) is 1. The molecule has 1 atom stereocenters. The number of carbonyl (C=O) groups is 1. The fourth-order valence-corrected chi connectivity index (χ4v) is 2.54. The van der Waals surface area contributed by atoms with Gasteiger partial charge in [0, 0.05) is 6.54 Å². The van der Waals surface area contributed by atoms with Crippen molar-refractivity contribution in [2.45, 2.75) is 18.9 Å². The molecular formula is C14H18N2O3S. The van der Waals surface area contributed by atoms with Crippen LogP contribution in [0.4, 0.5) is 0 Å². The Morgan fingerprint density at radius 1 is 1.50 bits per heavy atom. The monoisotopic (exact) mass is 294 g/mol. The third-order valence-electron chi connectivity index (χ3n) is 3.41. The molecule has 1 amide bonds. The maximum atomic E-state index is 12.1. The number of para-hydroxylation sites is 1. The lowest BCUT2D eigenvalue weighted by Gasteiger charge is -2.23. The normalized spacial score (nSPS) is 18.1. The number of aliphatic hydroxyl groups is 1. The second-order valence-electron chi connectivity index (χ2n) is 4.71. The molecule has 0 bridgehead atoms. The van der Waals surface area contributed by atoms with Gasteiger partial charge in [0.15, 0.2) is 6.61 Å². The minimum absolute atomic E-state index is 0.00475. The number of nitrogens with two attached hydrogens (primary N) is 1. The van der Waals surface area contributed by atoms with E-state index < -0.39 is 0 Å². The molecule has 108 valence electrons. The fourth-order valence-electron chi connectivity index (χ4n) is 2.37. The Bertz CT molecular complexity index is 507. The molecule has 0 radical (unpaired) electrons. The van der Waals surface area contributed by atoms with Gasteiger partial charge in [0.25, 0.3) is 5.91 Å². The van der Waals surface area contributed by atoms with Crippen LogP contribution in [-0.2, 0) is 4.79 Å². The van der Waals surface area contributed by atoms with Crippen molar-refractivity contribution in [1.29, 1.82) is 0 Å². The van der Waals surface area contributed by atoms with Crippen LogP contribution in [0.15, 0.2) is 24.3 Å². The molecule has 6 heteroatoms. The Morgan fingerprint density at radius 3 is 2.95 bits per heavy atom. The SMILES string of the molecule is NC(=S)c1ccccc1OCC(=O)N1CCCC1CO. The maximum Gasteiger partial charge on any atom is 0.260 e. The van der Waals surface area contributed by atoms with Gasteiger partial charge in [-0.15, -0.1) is 0 Å². The number of thiocarbonyl (C=S) groups is 1. The number of hydrogen-bond acceptors (Lipinski definition) is 4. The van der Waals surface area contributed by atoms with Crippen molar-refractivity contribution < 1.29 is 14.6 Å². The zero-order chi connectivity index (χ0) is 14.5. The Morgan fingerprint density at radius 2 is 2.25 bits per heavy atom. The standard InChI is InChI=1S/C14H18N2O3S/c15-14(20)11-5-1-2-6-12(11)19-9-13(18)16-7-3-4-10(16)8-17/h1-2,5-6,10,17H,3-4,7-9H2,(H2,15,20). The van der Waals surface area contributed by atoms with Crippen molar-refractivity contribution in [2.24, 2.45) is 5.73 Å². The predicted molar refractivity (Wildman–Crippen MR) is 79.6 cm³/mol. The number of carbonyl (C=O) groups excluding carboxylic acids is 1. The van der Waals surface area contributed by atoms with E-state index in [1.54, 1.807) is 23.1 Å². The molecule has 3 N–H and O–H groups in total. The van der Waals surface area contributed by atoms with Gasteiger partial charge >= 0.3 is 0 Å². The van der Waals surface area contributed by atoms with Crippen LogP contribution in [0.3, 0.4) is 0 Å². The Labute approximate surface area is 123 Å². The lowest BCUT2D eigenvalue weighted by Crippen LogP contribution is -2.40. The number of aliphatic hydroxyl groups excluding tert-OH is 1. The van der Waals surface area contributed by atoms with E-state index in [1.165, 1.54) is 0 Å². The van der Waals surface area contributed by atoms with Crippen molar-refractivity contribution in [3.05, 3.63) is 29.8 Å². The summed E-state index contributed by atoms with van der Waals surface area (Å²) in [6, 6.07) is 7.01. The number of rotatable bonds is 5. The minimum atomic E-state index is -0.126. The van der Waals surface area contributed by atoms with Crippen LogP contribution in [0.5, 0.6) is 5.75 Å². The summed E-state index contributed by atoms with van der Waals surface area (Å²) >= 11 is 4.94. The van der Waals surface area contributed by atoms with Crippen molar-refractivity contribution in [1.82, 2.24) is 4.90 Å². The highest BCUT2D eigenvalue weighted by atomic mass is 32.1. The van der Waals surface area contributed by atoms with Crippen molar-refractivity contribution in [2.75, 3.05) is 19.8 Å². The van der Waals surface area contributed by atoms with E-state index in [0.29, 0.717) is 17.9 Å². The lowest BCUT2D eigenvalue weighted by atomic mass is 10.2. The summed E-state index contributed by atoms with van der Waals surface area (Å²) in [6.45, 7) is 0.593. The van der Waals surface area contributed by atoms with E-state index in [1.807, 2.05) is 6.07 Å². The summed E-state index contributed by atoms with van der Waals surface area (Å²) in [5.41, 5.74) is 6.23. The highest BCUT2D eigenvalue weighted by Gasteiger charge is 2.28. The molecule has 0 saturated carbocycles. The molecule has 1 saturated heterocycles. The quantitative estimate of drug-likeness (QED) is 0.781. The molecule has 1 unspecified atom stereocenters. The molecule has 1 aromatic carbocycles. The van der Waals surface area contributed by atoms with Gasteiger partial charge in [-0.3, -0.25) is 4.79 Å². The summed E-state index contributed by atoms with van der Waals surface area (Å²) < 4.78 is 5.53. The smallest absolute Gasteiger partial charge is 0.260 e. The summed E-state index contributed by atoms with van der Waals surface area (Å²) in [4.78, 5) is 14.0. The van der Waals surface area contributed by atoms with E-state index >= 15 is 0 Å². The molecule has 0 spiro atoms. The van der Waals surface area contributed by atoms with Crippen LogP contribution in [0.25, 0.3) is 0 Å². The number of ether oxygens (including phenoxy) is 1. The fraction of sp³-hybridized carbons (Fsp3) is 0.429. The lowest BCUT2D eigenvalue weighted by molar-refractivity contribution is -0.134. The first kappa shape index (κ1) is 14.7. The first-order valence-electron chi connectivity index (χ1n) is 6.55. The van der Waals surface area contributed by atoms with Crippen molar-refractivity contribution in [3.63, 3.8) is 0 Å². The zero-order valence-corrected chi connectivity index (χ0v) is 11.9. The molecule has 1 heterocycles. The molecule has 1 aliphatic heterocycles. The third kappa shape index (κ3) is 3.26. The van der Waals surface area contributed by atoms with E-state index in [-0.39, 0.29) is 30.2 Å². The van der Waals surface area contributed by atoms with E-state index in [2.05, 4.69) is 0 Å². The molecule has 0 aliphatic carbocycles. The van der Waals surface area contributed by atoms with Gasteiger partial charge in [-0.2, -0.15) is 0 Å². The highest BCUT2D eigenvalue weighted by Crippen LogP contribution is 2.20. The zero-order valence-electron chi connectivity index (χ0n) is 11.1. The van der Waals surface area contributed by atoms with E-state index in [0.717, 1.165) is 12.8 Å². The van der Waals surface area contributed by atoms with Gasteiger partial charge < -0.3 is 20.5 Å². The molecule has 1 fully saturated rings. The maximum absolute atomic E-state index is 12.1. The van der Waals surface area contributed by atoms with Crippen LogP contribution in [-0.4, -0.2) is 46.7 Å². The molecule has 0 aromatic heterocycles. The Hall–Kier alpha value is -1.66. The van der Waals surface area contributed by atoms with Crippen molar-refractivity contribution in [3.8, 4) is 5.75 Å². The number of benzene rings is 1.